The SMILES string of the molecule is CN(CCC(=O)CCCCC[C@H](CC1SS1)C(N)=O)CCN(C)CCC(=O)NCCCC[C@H](NC1SS1)C(N)=O. The van der Waals surface area contributed by atoms with Gasteiger partial charge < -0.3 is 26.6 Å². The summed E-state index contributed by atoms with van der Waals surface area (Å²) in [5, 5.41) is 6.16. The molecule has 0 bridgehead atoms. The van der Waals surface area contributed by atoms with Crippen molar-refractivity contribution in [1.82, 2.24) is 20.4 Å². The number of carbonyl (C=O) groups is 4. The van der Waals surface area contributed by atoms with Gasteiger partial charge in [0.05, 0.1) is 10.6 Å². The maximum Gasteiger partial charge on any atom is 0.234 e. The van der Waals surface area contributed by atoms with Gasteiger partial charge in [0.15, 0.2) is 0 Å². The van der Waals surface area contributed by atoms with Crippen LogP contribution in [0.2, 0.25) is 0 Å². The van der Waals surface area contributed by atoms with E-state index in [-0.39, 0.29) is 40.2 Å². The predicted molar refractivity (Wildman–Crippen MR) is 171 cm³/mol. The molecule has 2 rings (SSSR count). The van der Waals surface area contributed by atoms with Crippen molar-refractivity contribution < 1.29 is 19.2 Å². The number of Topliss-reactive ketones (excluding diaryl/α,β-unsaturated/α-hetero) is 1. The fourth-order valence-corrected chi connectivity index (χ4v) is 6.66. The molecule has 0 aromatic carbocycles. The van der Waals surface area contributed by atoms with Crippen molar-refractivity contribution in [1.29, 1.82) is 0 Å². The molecule has 3 amide bonds. The Morgan fingerprint density at radius 3 is 2.00 bits per heavy atom. The minimum Gasteiger partial charge on any atom is -0.369 e. The van der Waals surface area contributed by atoms with Gasteiger partial charge in [-0.05, 0) is 52.6 Å². The first-order chi connectivity index (χ1) is 19.1. The Morgan fingerprint density at radius 2 is 1.40 bits per heavy atom. The van der Waals surface area contributed by atoms with E-state index in [9.17, 15) is 19.2 Å². The zero-order chi connectivity index (χ0) is 29.3. The summed E-state index contributed by atoms with van der Waals surface area (Å²) >= 11 is 0. The third kappa shape index (κ3) is 18.0. The van der Waals surface area contributed by atoms with Gasteiger partial charge in [-0.25, -0.2) is 0 Å². The van der Waals surface area contributed by atoms with Crippen LogP contribution in [0.5, 0.6) is 0 Å². The third-order valence-electron chi connectivity index (χ3n) is 7.09. The Hall–Kier alpha value is -0.640. The number of unbranched alkanes of at least 4 members (excludes halogenated alkanes) is 3. The highest BCUT2D eigenvalue weighted by molar-refractivity contribution is 8.93. The molecule has 0 aromatic heterocycles. The molecule has 2 fully saturated rings. The zero-order valence-electron chi connectivity index (χ0n) is 23.9. The molecule has 2 atom stereocenters. The van der Waals surface area contributed by atoms with Crippen molar-refractivity contribution in [3.8, 4) is 0 Å². The van der Waals surface area contributed by atoms with Crippen LogP contribution in [0.15, 0.2) is 0 Å². The predicted octanol–water partition coefficient (Wildman–Crippen LogP) is 2.77. The van der Waals surface area contributed by atoms with Crippen LogP contribution >= 0.6 is 43.2 Å². The molecule has 0 unspecified atom stereocenters. The van der Waals surface area contributed by atoms with E-state index in [1.807, 2.05) is 35.7 Å². The molecular weight excluding hydrogens is 589 g/mol. The summed E-state index contributed by atoms with van der Waals surface area (Å²) in [6, 6.07) is -0.304. The molecule has 2 aliphatic heterocycles. The van der Waals surface area contributed by atoms with Crippen molar-refractivity contribution in [2.75, 3.05) is 46.8 Å². The minimum absolute atomic E-state index is 0.0313. The first-order valence-corrected chi connectivity index (χ1v) is 18.8. The largest absolute Gasteiger partial charge is 0.369 e. The number of nitrogens with one attached hydrogen (secondary N) is 2. The number of hydrogen-bond acceptors (Lipinski definition) is 11. The maximum atomic E-state index is 12.3. The van der Waals surface area contributed by atoms with Crippen LogP contribution in [-0.4, -0.2) is 95.5 Å². The number of nitrogens with zero attached hydrogens (tertiary/aromatic N) is 2. The highest BCUT2D eigenvalue weighted by Crippen LogP contribution is 2.56. The van der Waals surface area contributed by atoms with Crippen LogP contribution in [0.1, 0.15) is 70.6 Å². The molecule has 230 valence electrons. The molecule has 10 nitrogen and oxygen atoms in total. The molecule has 0 aliphatic carbocycles. The number of likely N-dealkylation sites (N-methyl/N-ethyl adjacent to an activating group) is 2. The number of hydrogen-bond donors (Lipinski definition) is 4. The summed E-state index contributed by atoms with van der Waals surface area (Å²) in [5.74, 6) is -0.224. The number of rotatable bonds is 26. The molecular formula is C26H48N6O4S4. The van der Waals surface area contributed by atoms with Crippen LogP contribution in [0.3, 0.4) is 0 Å². The lowest BCUT2D eigenvalue weighted by Crippen LogP contribution is -2.41. The second kappa shape index (κ2) is 20.3. The smallest absolute Gasteiger partial charge is 0.234 e. The van der Waals surface area contributed by atoms with Gasteiger partial charge in [-0.2, -0.15) is 0 Å². The Balaban J connectivity index is 1.41. The van der Waals surface area contributed by atoms with E-state index >= 15 is 0 Å². The van der Waals surface area contributed by atoms with Crippen molar-refractivity contribution in [3.63, 3.8) is 0 Å². The molecule has 0 saturated carbocycles. The van der Waals surface area contributed by atoms with E-state index < -0.39 is 0 Å². The number of primary amides is 2. The third-order valence-corrected chi connectivity index (χ3v) is 11.1. The fraction of sp³-hybridized carbons (Fsp3) is 0.846. The summed E-state index contributed by atoms with van der Waals surface area (Å²) in [6.07, 6.45) is 8.40. The van der Waals surface area contributed by atoms with E-state index in [4.69, 9.17) is 11.5 Å². The lowest BCUT2D eigenvalue weighted by atomic mass is 9.97. The second-order valence-electron chi connectivity index (χ2n) is 10.7. The monoisotopic (exact) mass is 636 g/mol. The van der Waals surface area contributed by atoms with Gasteiger partial charge in [0, 0.05) is 57.9 Å². The summed E-state index contributed by atoms with van der Waals surface area (Å²) in [6.45, 7) is 3.68. The normalized spacial score (nSPS) is 16.7. The van der Waals surface area contributed by atoms with E-state index in [2.05, 4.69) is 20.4 Å². The first kappa shape index (κ1) is 35.6. The molecule has 40 heavy (non-hydrogen) atoms. The van der Waals surface area contributed by atoms with Crippen LogP contribution < -0.4 is 22.1 Å². The molecule has 6 N–H and O–H groups in total. The Kier molecular flexibility index (Phi) is 18.0. The molecule has 0 aromatic rings. The molecule has 0 radical (unpaired) electrons. The maximum absolute atomic E-state index is 12.3. The minimum atomic E-state index is -0.321. The van der Waals surface area contributed by atoms with Gasteiger partial charge in [-0.1, -0.05) is 56.0 Å². The summed E-state index contributed by atoms with van der Waals surface area (Å²) in [4.78, 5) is 51.8. The molecule has 0 spiro atoms. The van der Waals surface area contributed by atoms with Gasteiger partial charge in [0.2, 0.25) is 17.7 Å². The number of amides is 3. The van der Waals surface area contributed by atoms with Crippen LogP contribution in [0, 0.1) is 5.92 Å². The lowest BCUT2D eigenvalue weighted by molar-refractivity contribution is -0.122. The van der Waals surface area contributed by atoms with E-state index in [0.29, 0.717) is 43.4 Å². The topological polar surface area (TPSA) is 151 Å². The van der Waals surface area contributed by atoms with Crippen molar-refractivity contribution in [3.05, 3.63) is 0 Å². The van der Waals surface area contributed by atoms with E-state index in [1.165, 1.54) is 0 Å². The summed E-state index contributed by atoms with van der Waals surface area (Å²) in [5.41, 5.74) is 11.0. The Bertz CT molecular complexity index is 739. The van der Waals surface area contributed by atoms with Crippen molar-refractivity contribution >= 4 is 66.7 Å². The number of carbonyl (C=O) groups excluding carboxylic acids is 4. The first-order valence-electron chi connectivity index (χ1n) is 14.3. The standard InChI is InChI=1S/C26H48N6O4S4/c1-31(14-11-20(33)9-5-3-4-8-19(24(27)35)18-23-37-38-23)16-17-32(2)15-12-22(34)29-13-7-6-10-21(25(28)36)30-26-39-40-26/h19,21,23,26,30H,3-18H2,1-2H3,(H2,27,35)(H2,28,36)(H,29,34)/t19-,21+/m1/s1. The van der Waals surface area contributed by atoms with Gasteiger partial charge in [0.1, 0.15) is 10.5 Å². The van der Waals surface area contributed by atoms with E-state index in [0.717, 1.165) is 64.6 Å². The molecule has 2 heterocycles. The van der Waals surface area contributed by atoms with Crippen LogP contribution in [0.4, 0.5) is 0 Å². The Labute approximate surface area is 255 Å². The second-order valence-corrected chi connectivity index (χ2v) is 16.5. The van der Waals surface area contributed by atoms with Gasteiger partial charge in [-0.3, -0.25) is 24.5 Å². The van der Waals surface area contributed by atoms with Gasteiger partial charge in [0.25, 0.3) is 0 Å². The molecule has 14 heteroatoms. The highest BCUT2D eigenvalue weighted by atomic mass is 33.2. The number of nitrogens with two attached hydrogens (primary N) is 2. The van der Waals surface area contributed by atoms with Gasteiger partial charge in [-0.15, -0.1) is 0 Å². The summed E-state index contributed by atoms with van der Waals surface area (Å²) < 4.78 is 0.821. The quantitative estimate of drug-likeness (QED) is 0.0630. The van der Waals surface area contributed by atoms with Crippen molar-refractivity contribution in [2.24, 2.45) is 17.4 Å². The van der Waals surface area contributed by atoms with Crippen LogP contribution in [0.25, 0.3) is 0 Å². The fourth-order valence-electron chi connectivity index (χ4n) is 4.26. The Morgan fingerprint density at radius 1 is 0.750 bits per heavy atom. The number of ketones is 1. The lowest BCUT2D eigenvalue weighted by Gasteiger charge is -2.21. The average Bonchev–Trinajstić information content (AvgIpc) is 3.84. The van der Waals surface area contributed by atoms with Crippen LogP contribution in [-0.2, 0) is 19.2 Å². The van der Waals surface area contributed by atoms with E-state index in [1.54, 1.807) is 21.6 Å². The zero-order valence-corrected chi connectivity index (χ0v) is 27.2. The highest BCUT2D eigenvalue weighted by Gasteiger charge is 2.30. The summed E-state index contributed by atoms with van der Waals surface area (Å²) in [7, 11) is 11.0. The molecule has 2 saturated heterocycles. The van der Waals surface area contributed by atoms with Crippen molar-refractivity contribution in [2.45, 2.75) is 86.0 Å². The molecule has 2 aliphatic rings. The van der Waals surface area contributed by atoms with Gasteiger partial charge >= 0.3 is 0 Å². The average molecular weight is 637 g/mol.